The number of terminal acetylenes is 1. The van der Waals surface area contributed by atoms with Gasteiger partial charge in [0.15, 0.2) is 0 Å². The number of hydrogen-bond acceptors (Lipinski definition) is 1. The Balaban J connectivity index is 4.22. The van der Waals surface area contributed by atoms with E-state index in [9.17, 15) is 4.79 Å². The smallest absolute Gasteiger partial charge is 0.270 e. The third-order valence-corrected chi connectivity index (χ3v) is 0.682. The van der Waals surface area contributed by atoms with E-state index in [1.165, 1.54) is 0 Å². The number of hydrogen-bond donors (Lipinski definition) is 0. The van der Waals surface area contributed by atoms with E-state index in [0.717, 1.165) is 0 Å². The summed E-state index contributed by atoms with van der Waals surface area (Å²) in [6.45, 7) is 5.76. The molecule has 0 heterocycles. The predicted octanol–water partition coefficient (Wildman–Crippen LogP) is 1.24. The molecule has 0 rings (SSSR count). The zero-order chi connectivity index (χ0) is 8.20. The van der Waals surface area contributed by atoms with Crippen LogP contribution in [0, 0.1) is 29.6 Å². The van der Waals surface area contributed by atoms with E-state index >= 15 is 0 Å². The van der Waals surface area contributed by atoms with Crippen LogP contribution in [0.25, 0.3) is 0 Å². The molecule has 0 atom stereocenters. The normalized spacial score (nSPS) is 9.00. The van der Waals surface area contributed by atoms with Crippen molar-refractivity contribution in [2.24, 2.45) is 5.41 Å². The summed E-state index contributed by atoms with van der Waals surface area (Å²) >= 11 is 0. The molecule has 0 unspecified atom stereocenters. The van der Waals surface area contributed by atoms with Crippen molar-refractivity contribution in [2.75, 3.05) is 0 Å². The highest BCUT2D eigenvalue weighted by Gasteiger charge is 2.03. The Morgan fingerprint density at radius 1 is 1.40 bits per heavy atom. The van der Waals surface area contributed by atoms with Crippen molar-refractivity contribution in [1.29, 1.82) is 0 Å². The fourth-order valence-electron chi connectivity index (χ4n) is 0.280. The topological polar surface area (TPSA) is 17.1 Å². The summed E-state index contributed by atoms with van der Waals surface area (Å²) < 4.78 is 0. The summed E-state index contributed by atoms with van der Waals surface area (Å²) in [5, 5.41) is 0. The zero-order valence-electron chi connectivity index (χ0n) is 6.49. The van der Waals surface area contributed by atoms with E-state index in [-0.39, 0.29) is 5.41 Å². The maximum absolute atomic E-state index is 10.4. The second kappa shape index (κ2) is 3.08. The van der Waals surface area contributed by atoms with Crippen LogP contribution < -0.4 is 0 Å². The maximum atomic E-state index is 10.4. The van der Waals surface area contributed by atoms with E-state index in [4.69, 9.17) is 6.42 Å². The largest absolute Gasteiger partial charge is 0.278 e. The van der Waals surface area contributed by atoms with E-state index in [1.807, 2.05) is 26.7 Å². The Morgan fingerprint density at radius 3 is 2.20 bits per heavy atom. The van der Waals surface area contributed by atoms with Crippen LogP contribution in [0.4, 0.5) is 0 Å². The van der Waals surface area contributed by atoms with Crippen molar-refractivity contribution in [3.8, 4) is 24.2 Å². The minimum absolute atomic E-state index is 0.146. The van der Waals surface area contributed by atoms with Crippen molar-refractivity contribution in [3.05, 3.63) is 0 Å². The molecule has 0 aromatic carbocycles. The molecule has 1 heteroatoms. The highest BCUT2D eigenvalue weighted by Crippen LogP contribution is 2.09. The van der Waals surface area contributed by atoms with Crippen molar-refractivity contribution in [2.45, 2.75) is 20.8 Å². The van der Waals surface area contributed by atoms with Gasteiger partial charge in [-0.3, -0.25) is 4.79 Å². The van der Waals surface area contributed by atoms with Gasteiger partial charge in [-0.25, -0.2) is 0 Å². The minimum Gasteiger partial charge on any atom is -0.270 e. The quantitative estimate of drug-likeness (QED) is 0.360. The van der Waals surface area contributed by atoms with Gasteiger partial charge in [-0.15, -0.1) is 6.42 Å². The van der Waals surface area contributed by atoms with Crippen LogP contribution in [0.1, 0.15) is 20.8 Å². The highest BCUT2D eigenvalue weighted by atomic mass is 16.1. The highest BCUT2D eigenvalue weighted by molar-refractivity contribution is 6.08. The summed E-state index contributed by atoms with van der Waals surface area (Å²) in [5.41, 5.74) is -0.146. The molecular weight excluding hydrogens is 124 g/mol. The minimum atomic E-state index is -0.449. The van der Waals surface area contributed by atoms with Crippen LogP contribution in [0.2, 0.25) is 0 Å². The average molecular weight is 134 g/mol. The van der Waals surface area contributed by atoms with Crippen LogP contribution >= 0.6 is 0 Å². The van der Waals surface area contributed by atoms with Crippen molar-refractivity contribution in [1.82, 2.24) is 0 Å². The van der Waals surface area contributed by atoms with Crippen molar-refractivity contribution >= 4 is 5.78 Å². The average Bonchev–Trinajstić information content (AvgIpc) is 1.81. The van der Waals surface area contributed by atoms with Crippen molar-refractivity contribution < 1.29 is 4.79 Å². The molecule has 1 nitrogen and oxygen atoms in total. The molecule has 10 heavy (non-hydrogen) atoms. The van der Waals surface area contributed by atoms with Gasteiger partial charge >= 0.3 is 0 Å². The number of ketones is 1. The second-order valence-corrected chi connectivity index (χ2v) is 2.97. The summed E-state index contributed by atoms with van der Waals surface area (Å²) in [6.07, 6.45) is 4.80. The maximum Gasteiger partial charge on any atom is 0.278 e. The van der Waals surface area contributed by atoms with E-state index in [1.54, 1.807) is 0 Å². The second-order valence-electron chi connectivity index (χ2n) is 2.97. The molecule has 0 aromatic heterocycles. The number of carbonyl (C=O) groups excluding carboxylic acids is 1. The van der Waals surface area contributed by atoms with E-state index in [2.05, 4.69) is 11.8 Å². The molecular formula is C9H10O. The third kappa shape index (κ3) is 4.94. The first-order valence-electron chi connectivity index (χ1n) is 2.99. The van der Waals surface area contributed by atoms with Gasteiger partial charge in [0.05, 0.1) is 0 Å². The molecule has 0 aromatic rings. The van der Waals surface area contributed by atoms with Gasteiger partial charge in [0, 0.05) is 5.41 Å². The lowest BCUT2D eigenvalue weighted by Crippen LogP contribution is -2.00. The van der Waals surface area contributed by atoms with E-state index < -0.39 is 5.78 Å². The number of Topliss-reactive ketones (excluding diaryl/α,β-unsaturated/α-hetero) is 1. The first-order chi connectivity index (χ1) is 4.45. The molecule has 0 saturated carbocycles. The molecule has 0 bridgehead atoms. The van der Waals surface area contributed by atoms with Crippen LogP contribution in [0.3, 0.4) is 0 Å². The molecule has 0 saturated heterocycles. The Bertz CT molecular complexity index is 224. The van der Waals surface area contributed by atoms with Crippen molar-refractivity contribution in [3.63, 3.8) is 0 Å². The molecule has 52 valence electrons. The first kappa shape index (κ1) is 8.79. The molecule has 0 aliphatic heterocycles. The monoisotopic (exact) mass is 134 g/mol. The summed E-state index contributed by atoms with van der Waals surface area (Å²) in [5.74, 6) is 6.55. The Kier molecular flexibility index (Phi) is 2.71. The number of carbonyl (C=O) groups is 1. The van der Waals surface area contributed by atoms with Crippen LogP contribution in [0.15, 0.2) is 0 Å². The lowest BCUT2D eigenvalue weighted by molar-refractivity contribution is -0.108. The SMILES string of the molecule is C#CC(=O)C#CC(C)(C)C. The molecule has 0 amide bonds. The van der Waals surface area contributed by atoms with Gasteiger partial charge in [-0.2, -0.15) is 0 Å². The Morgan fingerprint density at radius 2 is 1.90 bits per heavy atom. The van der Waals surface area contributed by atoms with Gasteiger partial charge in [-0.1, -0.05) is 5.92 Å². The first-order valence-corrected chi connectivity index (χ1v) is 2.99. The third-order valence-electron chi connectivity index (χ3n) is 0.682. The fourth-order valence-corrected chi connectivity index (χ4v) is 0.280. The molecule has 0 N–H and O–H groups in total. The van der Waals surface area contributed by atoms with Crippen LogP contribution in [-0.2, 0) is 4.79 Å². The van der Waals surface area contributed by atoms with Gasteiger partial charge in [-0.05, 0) is 32.6 Å². The van der Waals surface area contributed by atoms with Gasteiger partial charge < -0.3 is 0 Å². The summed E-state index contributed by atoms with van der Waals surface area (Å²) in [4.78, 5) is 10.4. The van der Waals surface area contributed by atoms with Gasteiger partial charge in [0.25, 0.3) is 5.78 Å². The number of rotatable bonds is 0. The summed E-state index contributed by atoms with van der Waals surface area (Å²) in [6, 6.07) is 0. The Labute approximate surface area is 61.8 Å². The molecule has 0 spiro atoms. The lowest BCUT2D eigenvalue weighted by atomic mass is 9.98. The standard InChI is InChI=1S/C9H10O/c1-5-8(10)6-7-9(2,3)4/h1H,2-4H3. The zero-order valence-corrected chi connectivity index (χ0v) is 6.49. The molecule has 0 fully saturated rings. The Hall–Kier alpha value is -1.21. The van der Waals surface area contributed by atoms with E-state index in [0.29, 0.717) is 0 Å². The fraction of sp³-hybridized carbons (Fsp3) is 0.444. The molecule has 0 aliphatic rings. The van der Waals surface area contributed by atoms with Crippen LogP contribution in [-0.4, -0.2) is 5.78 Å². The summed E-state index contributed by atoms with van der Waals surface area (Å²) in [7, 11) is 0. The molecule has 0 aliphatic carbocycles. The predicted molar refractivity (Wildman–Crippen MR) is 41.1 cm³/mol. The van der Waals surface area contributed by atoms with Gasteiger partial charge in [0.1, 0.15) is 0 Å². The van der Waals surface area contributed by atoms with Crippen LogP contribution in [0.5, 0.6) is 0 Å². The molecule has 0 radical (unpaired) electrons. The lowest BCUT2D eigenvalue weighted by Gasteiger charge is -2.05. The van der Waals surface area contributed by atoms with Gasteiger partial charge in [0.2, 0.25) is 0 Å².